The van der Waals surface area contributed by atoms with Crippen molar-refractivity contribution in [2.75, 3.05) is 5.32 Å². The summed E-state index contributed by atoms with van der Waals surface area (Å²) in [5.41, 5.74) is 0.927. The topological polar surface area (TPSA) is 110 Å². The third-order valence-corrected chi connectivity index (χ3v) is 3.21. The number of benzene rings is 1. The molecule has 0 aliphatic rings. The number of nitrogens with one attached hydrogen (secondary N) is 1. The number of carbonyl (C=O) groups excluding carboxylic acids is 1. The number of para-hydroxylation sites is 2. The molecule has 0 saturated carbocycles. The largest absolute Gasteiger partial charge is 0.506 e. The van der Waals surface area contributed by atoms with Crippen molar-refractivity contribution in [1.82, 2.24) is 9.78 Å². The van der Waals surface area contributed by atoms with Crippen LogP contribution >= 0.6 is 0 Å². The van der Waals surface area contributed by atoms with E-state index in [9.17, 15) is 20.0 Å². The van der Waals surface area contributed by atoms with Crippen molar-refractivity contribution in [2.45, 2.75) is 20.4 Å². The van der Waals surface area contributed by atoms with E-state index in [4.69, 9.17) is 0 Å². The predicted molar refractivity (Wildman–Crippen MR) is 79.5 cm³/mol. The van der Waals surface area contributed by atoms with Crippen LogP contribution in [0.2, 0.25) is 0 Å². The molecule has 0 saturated heterocycles. The number of phenolic OH excluding ortho intramolecular Hbond substituents is 1. The number of phenols is 1. The molecule has 1 atom stereocenters. The van der Waals surface area contributed by atoms with E-state index < -0.39 is 10.8 Å². The number of aromatic nitrogens is 2. The monoisotopic (exact) mass is 304 g/mol. The summed E-state index contributed by atoms with van der Waals surface area (Å²) in [7, 11) is 0. The number of aryl methyl sites for hydroxylation is 1. The van der Waals surface area contributed by atoms with Gasteiger partial charge in [0.1, 0.15) is 5.75 Å². The first-order valence-electron chi connectivity index (χ1n) is 6.66. The van der Waals surface area contributed by atoms with E-state index in [1.807, 2.05) is 0 Å². The van der Waals surface area contributed by atoms with Gasteiger partial charge in [0.2, 0.25) is 5.91 Å². The van der Waals surface area contributed by atoms with Crippen molar-refractivity contribution in [3.05, 3.63) is 46.1 Å². The summed E-state index contributed by atoms with van der Waals surface area (Å²) in [5, 5.41) is 26.8. The van der Waals surface area contributed by atoms with Crippen LogP contribution in [0.1, 0.15) is 12.6 Å². The van der Waals surface area contributed by atoms with Crippen LogP contribution in [0.4, 0.5) is 11.5 Å². The highest BCUT2D eigenvalue weighted by Crippen LogP contribution is 2.22. The lowest BCUT2D eigenvalue weighted by Gasteiger charge is -2.12. The average Bonchev–Trinajstić information content (AvgIpc) is 2.83. The number of aromatic hydroxyl groups is 1. The van der Waals surface area contributed by atoms with Crippen LogP contribution in [0.25, 0.3) is 0 Å². The summed E-state index contributed by atoms with van der Waals surface area (Å²) in [6.07, 6.45) is 0. The molecule has 22 heavy (non-hydrogen) atoms. The highest BCUT2D eigenvalue weighted by atomic mass is 16.6. The zero-order chi connectivity index (χ0) is 16.3. The molecule has 0 bridgehead atoms. The van der Waals surface area contributed by atoms with Crippen LogP contribution in [0.3, 0.4) is 0 Å². The van der Waals surface area contributed by atoms with Crippen molar-refractivity contribution >= 4 is 17.4 Å². The Hall–Kier alpha value is -2.90. The standard InChI is InChI=1S/C14H16N4O4/c1-9(8-17-10(2)7-13(16-17)18(21)22)14(20)15-11-5-3-4-6-12(11)19/h3-7,9,19H,8H2,1-2H3,(H,15,20). The van der Waals surface area contributed by atoms with Crippen molar-refractivity contribution in [2.24, 2.45) is 5.92 Å². The van der Waals surface area contributed by atoms with Gasteiger partial charge in [-0.1, -0.05) is 19.1 Å². The summed E-state index contributed by atoms with van der Waals surface area (Å²) in [5.74, 6) is -1.04. The van der Waals surface area contributed by atoms with E-state index in [0.717, 1.165) is 0 Å². The Morgan fingerprint density at radius 2 is 2.18 bits per heavy atom. The molecular formula is C14H16N4O4. The number of nitro groups is 1. The third kappa shape index (κ3) is 3.40. The number of amides is 1. The van der Waals surface area contributed by atoms with Crippen LogP contribution < -0.4 is 5.32 Å². The van der Waals surface area contributed by atoms with Crippen molar-refractivity contribution in [3.8, 4) is 5.75 Å². The fraction of sp³-hybridized carbons (Fsp3) is 0.286. The summed E-state index contributed by atoms with van der Waals surface area (Å²) in [4.78, 5) is 22.2. The highest BCUT2D eigenvalue weighted by Gasteiger charge is 2.21. The minimum atomic E-state index is -0.573. The van der Waals surface area contributed by atoms with Crippen LogP contribution in [0.5, 0.6) is 5.75 Å². The second-order valence-corrected chi connectivity index (χ2v) is 4.99. The maximum absolute atomic E-state index is 12.1. The van der Waals surface area contributed by atoms with Gasteiger partial charge in [-0.15, -0.1) is 0 Å². The molecule has 2 N–H and O–H groups in total. The predicted octanol–water partition coefficient (Wildman–Crippen LogP) is 2.08. The summed E-state index contributed by atoms with van der Waals surface area (Å²) in [6.45, 7) is 3.58. The molecule has 1 aromatic heterocycles. The molecule has 0 radical (unpaired) electrons. The quantitative estimate of drug-likeness (QED) is 0.499. The van der Waals surface area contributed by atoms with Gasteiger partial charge < -0.3 is 20.5 Å². The molecule has 8 nitrogen and oxygen atoms in total. The Bertz CT molecular complexity index is 711. The van der Waals surface area contributed by atoms with Gasteiger partial charge in [-0.2, -0.15) is 4.68 Å². The molecule has 116 valence electrons. The maximum Gasteiger partial charge on any atom is 0.390 e. The smallest absolute Gasteiger partial charge is 0.390 e. The molecule has 2 rings (SSSR count). The Balaban J connectivity index is 2.06. The first-order chi connectivity index (χ1) is 10.4. The lowest BCUT2D eigenvalue weighted by Crippen LogP contribution is -2.25. The van der Waals surface area contributed by atoms with Gasteiger partial charge in [-0.25, -0.2) is 0 Å². The lowest BCUT2D eigenvalue weighted by molar-refractivity contribution is -0.389. The van der Waals surface area contributed by atoms with E-state index >= 15 is 0 Å². The highest BCUT2D eigenvalue weighted by molar-refractivity contribution is 5.93. The minimum Gasteiger partial charge on any atom is -0.506 e. The molecule has 0 aliphatic carbocycles. The Kier molecular flexibility index (Phi) is 4.40. The van der Waals surface area contributed by atoms with E-state index in [-0.39, 0.29) is 24.0 Å². The first kappa shape index (κ1) is 15.5. The molecule has 0 spiro atoms. The number of carbonyl (C=O) groups is 1. The Labute approximate surface area is 126 Å². The molecule has 0 aliphatic heterocycles. The number of hydrogen-bond donors (Lipinski definition) is 2. The fourth-order valence-corrected chi connectivity index (χ4v) is 1.94. The lowest BCUT2D eigenvalue weighted by atomic mass is 10.1. The van der Waals surface area contributed by atoms with Crippen LogP contribution in [0.15, 0.2) is 30.3 Å². The van der Waals surface area contributed by atoms with Gasteiger partial charge in [-0.3, -0.25) is 4.79 Å². The van der Waals surface area contributed by atoms with Crippen LogP contribution in [-0.4, -0.2) is 25.7 Å². The zero-order valence-electron chi connectivity index (χ0n) is 12.2. The summed E-state index contributed by atoms with van der Waals surface area (Å²) < 4.78 is 1.42. The van der Waals surface area contributed by atoms with Gasteiger partial charge >= 0.3 is 5.82 Å². The second-order valence-electron chi connectivity index (χ2n) is 4.99. The van der Waals surface area contributed by atoms with E-state index in [1.165, 1.54) is 16.8 Å². The van der Waals surface area contributed by atoms with Crippen LogP contribution in [-0.2, 0) is 11.3 Å². The van der Waals surface area contributed by atoms with E-state index in [0.29, 0.717) is 11.4 Å². The molecule has 0 fully saturated rings. The number of nitrogens with zero attached hydrogens (tertiary/aromatic N) is 3. The molecule has 1 heterocycles. The van der Waals surface area contributed by atoms with E-state index in [1.54, 1.807) is 32.0 Å². The zero-order valence-corrected chi connectivity index (χ0v) is 12.2. The molecule has 2 aromatic rings. The molecule has 1 aromatic carbocycles. The van der Waals surface area contributed by atoms with Crippen LogP contribution in [0, 0.1) is 23.0 Å². The average molecular weight is 304 g/mol. The Morgan fingerprint density at radius 1 is 1.50 bits per heavy atom. The molecule has 8 heteroatoms. The number of rotatable bonds is 5. The summed E-state index contributed by atoms with van der Waals surface area (Å²) >= 11 is 0. The first-order valence-corrected chi connectivity index (χ1v) is 6.66. The van der Waals surface area contributed by atoms with Gasteiger partial charge in [0.15, 0.2) is 0 Å². The normalized spacial score (nSPS) is 11.9. The Morgan fingerprint density at radius 3 is 2.77 bits per heavy atom. The number of hydrogen-bond acceptors (Lipinski definition) is 5. The molecule has 1 amide bonds. The maximum atomic E-state index is 12.1. The van der Waals surface area contributed by atoms with E-state index in [2.05, 4.69) is 10.4 Å². The van der Waals surface area contributed by atoms with Gasteiger partial charge in [0.25, 0.3) is 0 Å². The van der Waals surface area contributed by atoms with Crippen molar-refractivity contribution in [3.63, 3.8) is 0 Å². The van der Waals surface area contributed by atoms with Crippen molar-refractivity contribution < 1.29 is 14.8 Å². The fourth-order valence-electron chi connectivity index (χ4n) is 1.94. The minimum absolute atomic E-state index is 0.0195. The van der Waals surface area contributed by atoms with Crippen molar-refractivity contribution in [1.29, 1.82) is 0 Å². The van der Waals surface area contributed by atoms with Gasteiger partial charge in [-0.05, 0) is 24.0 Å². The third-order valence-electron chi connectivity index (χ3n) is 3.21. The SMILES string of the molecule is Cc1cc([N+](=O)[O-])nn1CC(C)C(=O)Nc1ccccc1O. The van der Waals surface area contributed by atoms with Gasteiger partial charge in [0.05, 0.1) is 35.0 Å². The van der Waals surface area contributed by atoms with Gasteiger partial charge in [0, 0.05) is 0 Å². The molecule has 1 unspecified atom stereocenters. The summed E-state index contributed by atoms with van der Waals surface area (Å²) in [6, 6.07) is 7.76. The molecular weight excluding hydrogens is 288 g/mol. The number of anilines is 1. The second kappa shape index (κ2) is 6.25.